The third-order valence-electron chi connectivity index (χ3n) is 4.24. The Morgan fingerprint density at radius 2 is 2.16 bits per heavy atom. The third-order valence-corrected chi connectivity index (χ3v) is 4.24. The van der Waals surface area contributed by atoms with E-state index in [1.165, 1.54) is 0 Å². The molecule has 2 aliphatic rings. The highest BCUT2D eigenvalue weighted by Crippen LogP contribution is 2.38. The fourth-order valence-corrected chi connectivity index (χ4v) is 2.73. The van der Waals surface area contributed by atoms with Crippen LogP contribution in [0.15, 0.2) is 49.1 Å². The van der Waals surface area contributed by atoms with Crippen LogP contribution in [-0.4, -0.2) is 23.4 Å². The Morgan fingerprint density at radius 3 is 2.74 bits per heavy atom. The molecule has 0 N–H and O–H groups in total. The van der Waals surface area contributed by atoms with Gasteiger partial charge in [-0.15, -0.1) is 6.58 Å². The minimum Gasteiger partial charge on any atom is -0.331 e. The van der Waals surface area contributed by atoms with Gasteiger partial charge in [0.2, 0.25) is 5.91 Å². The molecule has 0 spiro atoms. The van der Waals surface area contributed by atoms with Crippen molar-refractivity contribution in [3.05, 3.63) is 49.1 Å². The average Bonchev–Trinajstić information content (AvgIpc) is 2.88. The van der Waals surface area contributed by atoms with Gasteiger partial charge < -0.3 is 4.90 Å². The number of nitrogens with zero attached hydrogens (tertiary/aromatic N) is 1. The summed E-state index contributed by atoms with van der Waals surface area (Å²) in [5, 5.41) is 0. The lowest BCUT2D eigenvalue weighted by atomic mass is 9.76. The largest absolute Gasteiger partial charge is 0.331 e. The Balaban J connectivity index is 2.24. The summed E-state index contributed by atoms with van der Waals surface area (Å²) in [7, 11) is 0. The summed E-state index contributed by atoms with van der Waals surface area (Å²) in [6.45, 7) is 10.6. The number of hydrogen-bond donors (Lipinski definition) is 0. The van der Waals surface area contributed by atoms with Crippen molar-refractivity contribution in [1.29, 1.82) is 0 Å². The van der Waals surface area contributed by atoms with Gasteiger partial charge in [-0.05, 0) is 20.3 Å². The molecular formula is C17H23NO. The maximum Gasteiger partial charge on any atom is 0.232 e. The molecule has 0 aromatic heterocycles. The van der Waals surface area contributed by atoms with Gasteiger partial charge in [-0.2, -0.15) is 0 Å². The lowest BCUT2D eigenvalue weighted by molar-refractivity contribution is -0.139. The zero-order chi connectivity index (χ0) is 14.1. The summed E-state index contributed by atoms with van der Waals surface area (Å²) < 4.78 is 0. The van der Waals surface area contributed by atoms with Gasteiger partial charge in [0.25, 0.3) is 0 Å². The van der Waals surface area contributed by atoms with E-state index in [9.17, 15) is 4.79 Å². The van der Waals surface area contributed by atoms with Gasteiger partial charge in [-0.1, -0.05) is 49.5 Å². The van der Waals surface area contributed by atoms with Crippen LogP contribution >= 0.6 is 0 Å². The zero-order valence-corrected chi connectivity index (χ0v) is 12.1. The molecule has 2 nitrogen and oxygen atoms in total. The van der Waals surface area contributed by atoms with Crippen LogP contribution in [0.25, 0.3) is 0 Å². The Kier molecular flexibility index (Phi) is 3.53. The molecule has 1 unspecified atom stereocenters. The second-order valence-corrected chi connectivity index (χ2v) is 6.25. The van der Waals surface area contributed by atoms with Gasteiger partial charge in [0.1, 0.15) is 0 Å². The van der Waals surface area contributed by atoms with Gasteiger partial charge in [0.15, 0.2) is 0 Å². The molecule has 2 rings (SSSR count). The molecule has 0 fully saturated rings. The van der Waals surface area contributed by atoms with E-state index in [0.29, 0.717) is 6.54 Å². The summed E-state index contributed by atoms with van der Waals surface area (Å²) in [5.41, 5.74) is -0.510. The SMILES string of the molecule is C=CC(C)(C)C(=O)N1CC=C[C@H]1C1(C)C=CC=CC1. The van der Waals surface area contributed by atoms with E-state index >= 15 is 0 Å². The van der Waals surface area contributed by atoms with Crippen molar-refractivity contribution in [3.8, 4) is 0 Å². The van der Waals surface area contributed by atoms with E-state index in [4.69, 9.17) is 0 Å². The number of carbonyl (C=O) groups excluding carboxylic acids is 1. The zero-order valence-electron chi connectivity index (χ0n) is 12.1. The van der Waals surface area contributed by atoms with Crippen LogP contribution in [0.2, 0.25) is 0 Å². The molecule has 1 heterocycles. The van der Waals surface area contributed by atoms with Crippen LogP contribution in [0.3, 0.4) is 0 Å². The molecule has 2 atom stereocenters. The predicted molar refractivity (Wildman–Crippen MR) is 79.6 cm³/mol. The highest BCUT2D eigenvalue weighted by molar-refractivity contribution is 5.85. The van der Waals surface area contributed by atoms with E-state index in [1.54, 1.807) is 6.08 Å². The van der Waals surface area contributed by atoms with Crippen molar-refractivity contribution in [3.63, 3.8) is 0 Å². The second kappa shape index (κ2) is 4.84. The molecule has 1 aliphatic heterocycles. The Labute approximate surface area is 116 Å². The fourth-order valence-electron chi connectivity index (χ4n) is 2.73. The Hall–Kier alpha value is -1.57. The van der Waals surface area contributed by atoms with Gasteiger partial charge in [-0.3, -0.25) is 4.79 Å². The van der Waals surface area contributed by atoms with Crippen molar-refractivity contribution < 1.29 is 4.79 Å². The molecule has 19 heavy (non-hydrogen) atoms. The lowest BCUT2D eigenvalue weighted by Crippen LogP contribution is -2.49. The van der Waals surface area contributed by atoms with Crippen molar-refractivity contribution in [1.82, 2.24) is 4.90 Å². The van der Waals surface area contributed by atoms with Crippen LogP contribution in [0.4, 0.5) is 0 Å². The highest BCUT2D eigenvalue weighted by atomic mass is 16.2. The fraction of sp³-hybridized carbons (Fsp3) is 0.471. The minimum absolute atomic E-state index is 0.00530. The normalized spacial score (nSPS) is 29.8. The molecule has 0 aromatic carbocycles. The van der Waals surface area contributed by atoms with Gasteiger partial charge in [-0.25, -0.2) is 0 Å². The first-order valence-electron chi connectivity index (χ1n) is 6.86. The number of hydrogen-bond acceptors (Lipinski definition) is 1. The monoisotopic (exact) mass is 257 g/mol. The van der Waals surface area contributed by atoms with Crippen LogP contribution < -0.4 is 0 Å². The summed E-state index contributed by atoms with van der Waals surface area (Å²) >= 11 is 0. The average molecular weight is 257 g/mol. The molecule has 1 amide bonds. The molecule has 0 bridgehead atoms. The standard InChI is InChI=1S/C17H23NO/c1-5-16(2,3)15(19)18-13-9-10-14(18)17(4)11-7-6-8-12-17/h5-11,14H,1,12-13H2,2-4H3/t14-,17?/m0/s1. The van der Waals surface area contributed by atoms with E-state index < -0.39 is 5.41 Å². The first-order valence-corrected chi connectivity index (χ1v) is 6.86. The van der Waals surface area contributed by atoms with Gasteiger partial charge >= 0.3 is 0 Å². The topological polar surface area (TPSA) is 20.3 Å². The molecular weight excluding hydrogens is 234 g/mol. The number of rotatable bonds is 3. The predicted octanol–water partition coefficient (Wildman–Crippen LogP) is 3.49. The maximum absolute atomic E-state index is 12.7. The minimum atomic E-state index is -0.505. The summed E-state index contributed by atoms with van der Waals surface area (Å²) in [5.74, 6) is 0.154. The van der Waals surface area contributed by atoms with Crippen LogP contribution in [-0.2, 0) is 4.79 Å². The van der Waals surface area contributed by atoms with E-state index in [2.05, 4.69) is 50.0 Å². The number of allylic oxidation sites excluding steroid dienone is 3. The van der Waals surface area contributed by atoms with Gasteiger partial charge in [0.05, 0.1) is 11.5 Å². The molecule has 0 saturated heterocycles. The number of carbonyl (C=O) groups is 1. The maximum atomic E-state index is 12.7. The Bertz CT molecular complexity index is 470. The molecule has 0 aromatic rings. The van der Waals surface area contributed by atoms with Crippen molar-refractivity contribution in [2.45, 2.75) is 33.2 Å². The highest BCUT2D eigenvalue weighted by Gasteiger charge is 2.41. The van der Waals surface area contributed by atoms with Crippen LogP contribution in [0.5, 0.6) is 0 Å². The first-order chi connectivity index (χ1) is 8.91. The van der Waals surface area contributed by atoms with Crippen molar-refractivity contribution in [2.24, 2.45) is 10.8 Å². The Morgan fingerprint density at radius 1 is 1.42 bits per heavy atom. The van der Waals surface area contributed by atoms with E-state index in [1.807, 2.05) is 18.7 Å². The second-order valence-electron chi connectivity index (χ2n) is 6.25. The van der Waals surface area contributed by atoms with Crippen molar-refractivity contribution >= 4 is 5.91 Å². The molecule has 1 aliphatic carbocycles. The van der Waals surface area contributed by atoms with E-state index in [0.717, 1.165) is 6.42 Å². The summed E-state index contributed by atoms with van der Waals surface area (Å²) in [6, 6.07) is 0.139. The quantitative estimate of drug-likeness (QED) is 0.709. The molecule has 0 saturated carbocycles. The number of amides is 1. The lowest BCUT2D eigenvalue weighted by Gasteiger charge is -2.41. The van der Waals surface area contributed by atoms with Crippen molar-refractivity contribution in [2.75, 3.05) is 6.54 Å². The summed E-state index contributed by atoms with van der Waals surface area (Å²) in [4.78, 5) is 14.6. The smallest absolute Gasteiger partial charge is 0.232 e. The summed E-state index contributed by atoms with van der Waals surface area (Å²) in [6.07, 6.45) is 15.5. The molecule has 2 heteroatoms. The van der Waals surface area contributed by atoms with E-state index in [-0.39, 0.29) is 17.4 Å². The molecule has 102 valence electrons. The van der Waals surface area contributed by atoms with Crippen LogP contribution in [0.1, 0.15) is 27.2 Å². The third kappa shape index (κ3) is 2.44. The van der Waals surface area contributed by atoms with Crippen LogP contribution in [0, 0.1) is 10.8 Å². The van der Waals surface area contributed by atoms with Gasteiger partial charge in [0, 0.05) is 12.0 Å². The first kappa shape index (κ1) is 13.9. The molecule has 0 radical (unpaired) electrons.